The molecule has 3 heterocycles. The van der Waals surface area contributed by atoms with Crippen LogP contribution in [0.1, 0.15) is 32.0 Å². The lowest BCUT2D eigenvalue weighted by Crippen LogP contribution is -2.46. The van der Waals surface area contributed by atoms with Crippen LogP contribution >= 0.6 is 0 Å². The van der Waals surface area contributed by atoms with Crippen LogP contribution < -0.4 is 15.5 Å². The summed E-state index contributed by atoms with van der Waals surface area (Å²) in [6.07, 6.45) is 0.573. The molecule has 2 aromatic rings. The first-order valence-corrected chi connectivity index (χ1v) is 13.3. The summed E-state index contributed by atoms with van der Waals surface area (Å²) in [6, 6.07) is 7.22. The molecular formula is C23H32N6O4S. The number of hydrogen-bond acceptors (Lipinski definition) is 7. The van der Waals surface area contributed by atoms with Gasteiger partial charge in [0.1, 0.15) is 5.82 Å². The standard InChI is InChI=1S/C23H32N6O4S/c1-4-24-23(30)25-18-8-6-17(7-9-18)21-26-20-14-28(34(31,32)5-2)11-10-19(20)22(27-21)29-12-13-33-15-16(29)3/h6-9,16H,4-5,10-15H2,1-3H3,(H2,24,25,30). The molecule has 0 aliphatic carbocycles. The lowest BCUT2D eigenvalue weighted by atomic mass is 10.0. The number of carbonyl (C=O) groups excluding carboxylic acids is 1. The topological polar surface area (TPSA) is 117 Å². The molecule has 2 amide bonds. The Hall–Kier alpha value is -2.76. The fourth-order valence-electron chi connectivity index (χ4n) is 4.25. The Kier molecular flexibility index (Phi) is 7.34. The van der Waals surface area contributed by atoms with Crippen molar-refractivity contribution in [3.63, 3.8) is 0 Å². The number of amides is 2. The number of fused-ring (bicyclic) bond motifs is 1. The molecule has 2 aliphatic heterocycles. The van der Waals surface area contributed by atoms with Crippen LogP contribution in [0.4, 0.5) is 16.3 Å². The van der Waals surface area contributed by atoms with Crippen molar-refractivity contribution in [3.8, 4) is 11.4 Å². The van der Waals surface area contributed by atoms with Crippen molar-refractivity contribution in [2.45, 2.75) is 39.8 Å². The molecule has 1 unspecified atom stereocenters. The number of hydrogen-bond donors (Lipinski definition) is 2. The lowest BCUT2D eigenvalue weighted by molar-refractivity contribution is 0.0984. The van der Waals surface area contributed by atoms with Gasteiger partial charge in [-0.05, 0) is 51.5 Å². The van der Waals surface area contributed by atoms with Gasteiger partial charge < -0.3 is 20.3 Å². The molecule has 0 radical (unpaired) electrons. The second-order valence-electron chi connectivity index (χ2n) is 8.46. The summed E-state index contributed by atoms with van der Waals surface area (Å²) in [4.78, 5) is 23.8. The summed E-state index contributed by atoms with van der Waals surface area (Å²) in [5.74, 6) is 1.45. The molecule has 4 rings (SSSR count). The molecule has 34 heavy (non-hydrogen) atoms. The van der Waals surface area contributed by atoms with Crippen LogP contribution in [0.15, 0.2) is 24.3 Å². The summed E-state index contributed by atoms with van der Waals surface area (Å²) in [6.45, 7) is 8.78. The minimum Gasteiger partial charge on any atom is -0.377 e. The van der Waals surface area contributed by atoms with E-state index in [0.717, 1.165) is 29.2 Å². The van der Waals surface area contributed by atoms with Crippen molar-refractivity contribution in [2.24, 2.45) is 0 Å². The van der Waals surface area contributed by atoms with Gasteiger partial charge in [0, 0.05) is 36.4 Å². The minimum atomic E-state index is -3.32. The van der Waals surface area contributed by atoms with Gasteiger partial charge in [-0.1, -0.05) is 0 Å². The van der Waals surface area contributed by atoms with E-state index >= 15 is 0 Å². The fourth-order valence-corrected chi connectivity index (χ4v) is 5.31. The van der Waals surface area contributed by atoms with Crippen LogP contribution in [0.2, 0.25) is 0 Å². The zero-order chi connectivity index (χ0) is 24.3. The fraction of sp³-hybridized carbons (Fsp3) is 0.522. The maximum atomic E-state index is 12.5. The molecule has 11 heteroatoms. The van der Waals surface area contributed by atoms with E-state index in [4.69, 9.17) is 14.7 Å². The number of sulfonamides is 1. The highest BCUT2D eigenvalue weighted by Crippen LogP contribution is 2.32. The molecule has 2 aliphatic rings. The van der Waals surface area contributed by atoms with E-state index in [9.17, 15) is 13.2 Å². The van der Waals surface area contributed by atoms with Gasteiger partial charge in [-0.15, -0.1) is 0 Å². The van der Waals surface area contributed by atoms with E-state index in [0.29, 0.717) is 44.2 Å². The van der Waals surface area contributed by atoms with E-state index in [1.165, 1.54) is 4.31 Å². The third-order valence-electron chi connectivity index (χ3n) is 6.14. The molecule has 184 valence electrons. The smallest absolute Gasteiger partial charge is 0.319 e. The number of anilines is 2. The molecular weight excluding hydrogens is 456 g/mol. The third-order valence-corrected chi connectivity index (χ3v) is 7.97. The number of nitrogens with one attached hydrogen (secondary N) is 2. The Labute approximate surface area is 200 Å². The van der Waals surface area contributed by atoms with Crippen LogP contribution in [-0.2, 0) is 27.7 Å². The highest BCUT2D eigenvalue weighted by molar-refractivity contribution is 7.89. The molecule has 0 saturated carbocycles. The van der Waals surface area contributed by atoms with Crippen molar-refractivity contribution in [2.75, 3.05) is 48.8 Å². The third kappa shape index (κ3) is 5.16. The van der Waals surface area contributed by atoms with E-state index in [1.807, 2.05) is 19.1 Å². The first-order chi connectivity index (χ1) is 16.3. The van der Waals surface area contributed by atoms with E-state index in [1.54, 1.807) is 19.1 Å². The number of nitrogens with zero attached hydrogens (tertiary/aromatic N) is 4. The zero-order valence-electron chi connectivity index (χ0n) is 19.9. The average molecular weight is 489 g/mol. The van der Waals surface area contributed by atoms with Gasteiger partial charge in [-0.2, -0.15) is 4.31 Å². The largest absolute Gasteiger partial charge is 0.377 e. The van der Waals surface area contributed by atoms with Crippen molar-refractivity contribution < 1.29 is 17.9 Å². The number of benzene rings is 1. The summed E-state index contributed by atoms with van der Waals surface area (Å²) >= 11 is 0. The number of ether oxygens (including phenoxy) is 1. The minimum absolute atomic E-state index is 0.0632. The maximum absolute atomic E-state index is 12.5. The normalized spacial score (nSPS) is 18.9. The second kappa shape index (κ2) is 10.2. The molecule has 1 atom stereocenters. The average Bonchev–Trinajstić information content (AvgIpc) is 2.84. The molecule has 1 aromatic carbocycles. The molecule has 0 spiro atoms. The molecule has 0 bridgehead atoms. The SMILES string of the molecule is CCNC(=O)Nc1ccc(-c2nc3c(c(N4CCOCC4C)n2)CCN(S(=O)(=O)CC)C3)cc1. The van der Waals surface area contributed by atoms with Gasteiger partial charge in [0.05, 0.1) is 37.2 Å². The number of morpholine rings is 1. The molecule has 1 saturated heterocycles. The Bertz CT molecular complexity index is 1140. The first kappa shape index (κ1) is 24.4. The second-order valence-corrected chi connectivity index (χ2v) is 10.7. The summed E-state index contributed by atoms with van der Waals surface area (Å²) in [7, 11) is -3.32. The maximum Gasteiger partial charge on any atom is 0.319 e. The van der Waals surface area contributed by atoms with E-state index in [2.05, 4.69) is 22.5 Å². The van der Waals surface area contributed by atoms with Crippen LogP contribution in [0.3, 0.4) is 0 Å². The molecule has 10 nitrogen and oxygen atoms in total. The lowest BCUT2D eigenvalue weighted by Gasteiger charge is -2.37. The summed E-state index contributed by atoms with van der Waals surface area (Å²) in [5, 5.41) is 5.48. The van der Waals surface area contributed by atoms with Gasteiger partial charge >= 0.3 is 6.03 Å². The Morgan fingerprint density at radius 3 is 2.62 bits per heavy atom. The van der Waals surface area contributed by atoms with Crippen LogP contribution in [0, 0.1) is 0 Å². The van der Waals surface area contributed by atoms with Crippen LogP contribution in [-0.4, -0.2) is 73.4 Å². The predicted molar refractivity (Wildman–Crippen MR) is 131 cm³/mol. The highest BCUT2D eigenvalue weighted by atomic mass is 32.2. The Balaban J connectivity index is 1.71. The van der Waals surface area contributed by atoms with E-state index in [-0.39, 0.29) is 24.4 Å². The van der Waals surface area contributed by atoms with Crippen molar-refractivity contribution in [1.82, 2.24) is 19.6 Å². The predicted octanol–water partition coefficient (Wildman–Crippen LogP) is 2.22. The number of aromatic nitrogens is 2. The van der Waals surface area contributed by atoms with Crippen LogP contribution in [0.25, 0.3) is 11.4 Å². The van der Waals surface area contributed by atoms with Crippen molar-refractivity contribution >= 4 is 27.6 Å². The number of urea groups is 1. The molecule has 1 fully saturated rings. The van der Waals surface area contributed by atoms with Crippen LogP contribution in [0.5, 0.6) is 0 Å². The van der Waals surface area contributed by atoms with Crippen molar-refractivity contribution in [1.29, 1.82) is 0 Å². The van der Waals surface area contributed by atoms with Gasteiger partial charge in [0.15, 0.2) is 5.82 Å². The zero-order valence-corrected chi connectivity index (χ0v) is 20.7. The van der Waals surface area contributed by atoms with Gasteiger partial charge in [0.2, 0.25) is 10.0 Å². The quantitative estimate of drug-likeness (QED) is 0.640. The van der Waals surface area contributed by atoms with E-state index < -0.39 is 10.0 Å². The molecule has 1 aromatic heterocycles. The van der Waals surface area contributed by atoms with Crippen molar-refractivity contribution in [3.05, 3.63) is 35.5 Å². The number of rotatable bonds is 6. The summed E-state index contributed by atoms with van der Waals surface area (Å²) < 4.78 is 32.2. The first-order valence-electron chi connectivity index (χ1n) is 11.7. The monoisotopic (exact) mass is 488 g/mol. The Morgan fingerprint density at radius 2 is 1.94 bits per heavy atom. The summed E-state index contributed by atoms with van der Waals surface area (Å²) in [5.41, 5.74) is 3.21. The number of carbonyl (C=O) groups is 1. The Morgan fingerprint density at radius 1 is 1.18 bits per heavy atom. The van der Waals surface area contributed by atoms with Gasteiger partial charge in [0.25, 0.3) is 0 Å². The van der Waals surface area contributed by atoms with Gasteiger partial charge in [-0.3, -0.25) is 0 Å². The van der Waals surface area contributed by atoms with Gasteiger partial charge in [-0.25, -0.2) is 23.2 Å². The molecule has 2 N–H and O–H groups in total. The highest BCUT2D eigenvalue weighted by Gasteiger charge is 2.32.